The van der Waals surface area contributed by atoms with Crippen LogP contribution in [-0.4, -0.2) is 19.5 Å². The highest BCUT2D eigenvalue weighted by atomic mass is 16.3. The minimum Gasteiger partial charge on any atom is -0.390 e. The van der Waals surface area contributed by atoms with E-state index < -0.39 is 0 Å². The number of nitrogens with zero attached hydrogens (tertiary/aromatic N) is 3. The molecule has 0 aliphatic heterocycles. The largest absolute Gasteiger partial charge is 0.390 e. The Morgan fingerprint density at radius 1 is 1.55 bits per heavy atom. The summed E-state index contributed by atoms with van der Waals surface area (Å²) in [5.74, 6) is 0. The SMILES string of the molecule is OCc1ncn2ccncc12. The molecule has 0 saturated carbocycles. The standard InChI is InChI=1S/C7H7N3O/c11-4-6-7-3-8-1-2-10(7)5-9-6/h1-3,5,11H,4H2. The average Bonchev–Trinajstić information content (AvgIpc) is 2.47. The molecule has 2 rings (SSSR count). The minimum atomic E-state index is -0.0395. The monoisotopic (exact) mass is 149 g/mol. The topological polar surface area (TPSA) is 50.4 Å². The number of aliphatic hydroxyl groups excluding tert-OH is 1. The lowest BCUT2D eigenvalue weighted by Gasteiger charge is -1.91. The van der Waals surface area contributed by atoms with Crippen LogP contribution in [0.3, 0.4) is 0 Å². The van der Waals surface area contributed by atoms with Crippen molar-refractivity contribution >= 4 is 5.52 Å². The summed E-state index contributed by atoms with van der Waals surface area (Å²) in [5, 5.41) is 8.82. The second kappa shape index (κ2) is 2.32. The Morgan fingerprint density at radius 2 is 2.45 bits per heavy atom. The van der Waals surface area contributed by atoms with Crippen molar-refractivity contribution < 1.29 is 5.11 Å². The maximum atomic E-state index is 8.82. The number of aliphatic hydroxyl groups is 1. The van der Waals surface area contributed by atoms with Gasteiger partial charge in [-0.05, 0) is 0 Å². The number of hydrogen-bond donors (Lipinski definition) is 1. The lowest BCUT2D eigenvalue weighted by Crippen LogP contribution is -1.86. The van der Waals surface area contributed by atoms with E-state index in [2.05, 4.69) is 9.97 Å². The third-order valence-electron chi connectivity index (χ3n) is 1.57. The summed E-state index contributed by atoms with van der Waals surface area (Å²) in [7, 11) is 0. The van der Waals surface area contributed by atoms with E-state index in [0.717, 1.165) is 5.52 Å². The predicted molar refractivity (Wildman–Crippen MR) is 38.9 cm³/mol. The Hall–Kier alpha value is -1.42. The molecule has 0 aliphatic rings. The molecule has 0 saturated heterocycles. The Labute approximate surface area is 63.1 Å². The molecular weight excluding hydrogens is 142 g/mol. The quantitative estimate of drug-likeness (QED) is 0.631. The molecular formula is C7H7N3O. The molecule has 0 aliphatic carbocycles. The summed E-state index contributed by atoms with van der Waals surface area (Å²) < 4.78 is 1.82. The summed E-state index contributed by atoms with van der Waals surface area (Å²) in [6.45, 7) is -0.0395. The zero-order chi connectivity index (χ0) is 7.68. The first-order chi connectivity index (χ1) is 5.42. The molecule has 2 aromatic rings. The van der Waals surface area contributed by atoms with Gasteiger partial charge in [-0.15, -0.1) is 0 Å². The maximum absolute atomic E-state index is 8.82. The molecule has 4 heteroatoms. The lowest BCUT2D eigenvalue weighted by molar-refractivity contribution is 0.279. The smallest absolute Gasteiger partial charge is 0.0997 e. The number of hydrogen-bond acceptors (Lipinski definition) is 3. The first kappa shape index (κ1) is 6.30. The molecule has 0 radical (unpaired) electrons. The van der Waals surface area contributed by atoms with Crippen LogP contribution in [0.2, 0.25) is 0 Å². The van der Waals surface area contributed by atoms with Crippen LogP contribution in [0.5, 0.6) is 0 Å². The van der Waals surface area contributed by atoms with Crippen molar-refractivity contribution in [3.8, 4) is 0 Å². The molecule has 0 atom stereocenters. The van der Waals surface area contributed by atoms with Gasteiger partial charge in [0.1, 0.15) is 0 Å². The van der Waals surface area contributed by atoms with E-state index in [-0.39, 0.29) is 6.61 Å². The maximum Gasteiger partial charge on any atom is 0.0997 e. The number of imidazole rings is 1. The van der Waals surface area contributed by atoms with Crippen molar-refractivity contribution in [3.63, 3.8) is 0 Å². The third kappa shape index (κ3) is 0.877. The molecule has 2 aromatic heterocycles. The molecule has 0 amide bonds. The van der Waals surface area contributed by atoms with Crippen LogP contribution < -0.4 is 0 Å². The van der Waals surface area contributed by atoms with Crippen LogP contribution in [-0.2, 0) is 6.61 Å². The van der Waals surface area contributed by atoms with E-state index in [0.29, 0.717) is 5.69 Å². The molecule has 2 heterocycles. The molecule has 0 unspecified atom stereocenters. The Kier molecular flexibility index (Phi) is 1.33. The van der Waals surface area contributed by atoms with Gasteiger partial charge in [0.2, 0.25) is 0 Å². The van der Waals surface area contributed by atoms with Crippen molar-refractivity contribution in [2.45, 2.75) is 6.61 Å². The Morgan fingerprint density at radius 3 is 3.27 bits per heavy atom. The molecule has 56 valence electrons. The van der Waals surface area contributed by atoms with Gasteiger partial charge in [-0.1, -0.05) is 0 Å². The zero-order valence-corrected chi connectivity index (χ0v) is 5.81. The van der Waals surface area contributed by atoms with Gasteiger partial charge in [0.05, 0.1) is 30.3 Å². The summed E-state index contributed by atoms with van der Waals surface area (Å²) in [6.07, 6.45) is 6.80. The van der Waals surface area contributed by atoms with E-state index >= 15 is 0 Å². The average molecular weight is 149 g/mol. The molecule has 1 N–H and O–H groups in total. The van der Waals surface area contributed by atoms with Crippen LogP contribution >= 0.6 is 0 Å². The molecule has 0 spiro atoms. The minimum absolute atomic E-state index is 0.0395. The summed E-state index contributed by atoms with van der Waals surface area (Å²) in [5.41, 5.74) is 1.52. The van der Waals surface area contributed by atoms with Gasteiger partial charge in [-0.2, -0.15) is 0 Å². The van der Waals surface area contributed by atoms with Gasteiger partial charge in [-0.3, -0.25) is 4.98 Å². The fraction of sp³-hybridized carbons (Fsp3) is 0.143. The highest BCUT2D eigenvalue weighted by molar-refractivity contribution is 5.49. The fourth-order valence-corrected chi connectivity index (χ4v) is 1.01. The van der Waals surface area contributed by atoms with Crippen LogP contribution in [0.25, 0.3) is 5.52 Å². The number of aromatic nitrogens is 3. The van der Waals surface area contributed by atoms with E-state index in [1.807, 2.05) is 4.40 Å². The Bertz CT molecular complexity index is 368. The van der Waals surface area contributed by atoms with Gasteiger partial charge in [0.25, 0.3) is 0 Å². The van der Waals surface area contributed by atoms with E-state index in [4.69, 9.17) is 5.11 Å². The van der Waals surface area contributed by atoms with Crippen LogP contribution in [0.15, 0.2) is 24.9 Å². The Balaban J connectivity index is 2.76. The molecule has 0 fully saturated rings. The second-order valence-corrected chi connectivity index (χ2v) is 2.22. The highest BCUT2D eigenvalue weighted by Crippen LogP contribution is 2.05. The first-order valence-electron chi connectivity index (χ1n) is 3.28. The summed E-state index contributed by atoms with van der Waals surface area (Å²) in [6, 6.07) is 0. The van der Waals surface area contributed by atoms with Crippen molar-refractivity contribution in [1.29, 1.82) is 0 Å². The fourth-order valence-electron chi connectivity index (χ4n) is 1.01. The number of fused-ring (bicyclic) bond motifs is 1. The van der Waals surface area contributed by atoms with Crippen LogP contribution in [0.1, 0.15) is 5.69 Å². The summed E-state index contributed by atoms with van der Waals surface area (Å²) >= 11 is 0. The highest BCUT2D eigenvalue weighted by Gasteiger charge is 2.00. The van der Waals surface area contributed by atoms with Crippen molar-refractivity contribution in [2.24, 2.45) is 0 Å². The normalized spacial score (nSPS) is 10.6. The van der Waals surface area contributed by atoms with Gasteiger partial charge < -0.3 is 9.51 Å². The molecule has 4 nitrogen and oxygen atoms in total. The van der Waals surface area contributed by atoms with Gasteiger partial charge in [0.15, 0.2) is 0 Å². The molecule has 0 bridgehead atoms. The van der Waals surface area contributed by atoms with Crippen LogP contribution in [0, 0.1) is 0 Å². The van der Waals surface area contributed by atoms with Gasteiger partial charge >= 0.3 is 0 Å². The van der Waals surface area contributed by atoms with E-state index in [9.17, 15) is 0 Å². The molecule has 11 heavy (non-hydrogen) atoms. The zero-order valence-electron chi connectivity index (χ0n) is 5.81. The number of rotatable bonds is 1. The van der Waals surface area contributed by atoms with Crippen molar-refractivity contribution in [2.75, 3.05) is 0 Å². The van der Waals surface area contributed by atoms with Gasteiger partial charge in [-0.25, -0.2) is 4.98 Å². The molecule has 0 aromatic carbocycles. The predicted octanol–water partition coefficient (Wildman–Crippen LogP) is 0.222. The third-order valence-corrected chi connectivity index (χ3v) is 1.57. The second-order valence-electron chi connectivity index (χ2n) is 2.22. The van der Waals surface area contributed by atoms with E-state index in [1.165, 1.54) is 0 Å². The van der Waals surface area contributed by atoms with Crippen molar-refractivity contribution in [1.82, 2.24) is 14.4 Å². The first-order valence-corrected chi connectivity index (χ1v) is 3.28. The summed E-state index contributed by atoms with van der Waals surface area (Å²) in [4.78, 5) is 7.91. The van der Waals surface area contributed by atoms with Gasteiger partial charge in [0, 0.05) is 12.4 Å². The van der Waals surface area contributed by atoms with E-state index in [1.54, 1.807) is 24.9 Å². The van der Waals surface area contributed by atoms with Crippen molar-refractivity contribution in [3.05, 3.63) is 30.6 Å². The lowest BCUT2D eigenvalue weighted by atomic mass is 10.4. The van der Waals surface area contributed by atoms with Crippen LogP contribution in [0.4, 0.5) is 0 Å².